The van der Waals surface area contributed by atoms with Crippen LogP contribution in [0.3, 0.4) is 0 Å². The van der Waals surface area contributed by atoms with Crippen LogP contribution < -0.4 is 15.9 Å². The van der Waals surface area contributed by atoms with Gasteiger partial charge in [0.25, 0.3) is 0 Å². The Morgan fingerprint density at radius 1 is 1.50 bits per heavy atom. The van der Waals surface area contributed by atoms with Crippen LogP contribution in [-0.2, 0) is 0 Å². The number of ether oxygens (including phenoxy) is 1. The average molecular weight is 248 g/mol. The number of aromatic amines is 1. The number of H-pyrrole nitrogens is 1. The van der Waals surface area contributed by atoms with Gasteiger partial charge in [0.1, 0.15) is 11.3 Å². The van der Waals surface area contributed by atoms with E-state index in [4.69, 9.17) is 15.6 Å². The monoisotopic (exact) mass is 248 g/mol. The number of nitrogens with two attached hydrogens (primary N) is 1. The predicted molar refractivity (Wildman–Crippen MR) is 67.1 cm³/mol. The van der Waals surface area contributed by atoms with Crippen molar-refractivity contribution in [3.8, 4) is 5.75 Å². The summed E-state index contributed by atoms with van der Waals surface area (Å²) in [6.07, 6.45) is 1.17. The van der Waals surface area contributed by atoms with Gasteiger partial charge in [0, 0.05) is 17.6 Å². The van der Waals surface area contributed by atoms with Gasteiger partial charge in [0.15, 0.2) is 0 Å². The van der Waals surface area contributed by atoms with Gasteiger partial charge >= 0.3 is 5.97 Å². The Bertz CT molecular complexity index is 676. The van der Waals surface area contributed by atoms with Crippen molar-refractivity contribution < 1.29 is 14.6 Å². The van der Waals surface area contributed by atoms with Gasteiger partial charge in [-0.3, -0.25) is 4.79 Å². The molecule has 0 atom stereocenters. The van der Waals surface area contributed by atoms with Gasteiger partial charge in [-0.25, -0.2) is 4.79 Å². The third-order valence-electron chi connectivity index (χ3n) is 2.54. The Labute approximate surface area is 102 Å². The number of carboxylic acid groups (broad SMARTS) is 1. The number of aromatic carboxylic acids is 1. The SMILES string of the molecule is CCOc1cc2[nH]cc(C(=O)O)c(=O)c2cc1N. The fourth-order valence-corrected chi connectivity index (χ4v) is 1.70. The number of fused-ring (bicyclic) bond motifs is 1. The molecule has 2 rings (SSSR count). The maximum Gasteiger partial charge on any atom is 0.341 e. The zero-order valence-electron chi connectivity index (χ0n) is 9.69. The summed E-state index contributed by atoms with van der Waals surface area (Å²) in [6, 6.07) is 3.01. The number of aromatic nitrogens is 1. The van der Waals surface area contributed by atoms with Crippen LogP contribution in [0, 0.1) is 0 Å². The van der Waals surface area contributed by atoms with Gasteiger partial charge in [-0.15, -0.1) is 0 Å². The minimum absolute atomic E-state index is 0.232. The molecule has 0 radical (unpaired) electrons. The highest BCUT2D eigenvalue weighted by atomic mass is 16.5. The second kappa shape index (κ2) is 4.40. The summed E-state index contributed by atoms with van der Waals surface area (Å²) in [4.78, 5) is 25.5. The Kier molecular flexibility index (Phi) is 2.93. The molecule has 1 heterocycles. The molecule has 2 aromatic rings. The fraction of sp³-hybridized carbons (Fsp3) is 0.167. The fourth-order valence-electron chi connectivity index (χ4n) is 1.70. The number of rotatable bonds is 3. The van der Waals surface area contributed by atoms with E-state index in [1.165, 1.54) is 12.3 Å². The Balaban J connectivity index is 2.73. The lowest BCUT2D eigenvalue weighted by molar-refractivity contribution is 0.0695. The van der Waals surface area contributed by atoms with Crippen molar-refractivity contribution in [2.75, 3.05) is 12.3 Å². The number of pyridine rings is 1. The first-order chi connectivity index (χ1) is 8.54. The molecule has 0 fully saturated rings. The summed E-state index contributed by atoms with van der Waals surface area (Å²) in [5.74, 6) is -0.811. The quantitative estimate of drug-likeness (QED) is 0.708. The van der Waals surface area contributed by atoms with Crippen molar-refractivity contribution in [1.29, 1.82) is 0 Å². The van der Waals surface area contributed by atoms with Crippen molar-refractivity contribution in [2.45, 2.75) is 6.92 Å². The van der Waals surface area contributed by atoms with Gasteiger partial charge in [-0.05, 0) is 13.0 Å². The first kappa shape index (κ1) is 12.0. The lowest BCUT2D eigenvalue weighted by atomic mass is 10.1. The molecule has 94 valence electrons. The summed E-state index contributed by atoms with van der Waals surface area (Å²) in [5.41, 5.74) is 5.66. The van der Waals surface area contributed by atoms with Crippen LogP contribution in [0.25, 0.3) is 10.9 Å². The molecule has 0 amide bonds. The second-order valence-corrected chi connectivity index (χ2v) is 3.71. The smallest absolute Gasteiger partial charge is 0.341 e. The number of anilines is 1. The summed E-state index contributed by atoms with van der Waals surface area (Å²) < 4.78 is 5.30. The summed E-state index contributed by atoms with van der Waals surface area (Å²) in [5, 5.41) is 9.09. The van der Waals surface area contributed by atoms with Crippen molar-refractivity contribution in [1.82, 2.24) is 4.98 Å². The maximum atomic E-state index is 11.9. The molecular weight excluding hydrogens is 236 g/mol. The molecular formula is C12H12N2O4. The normalized spacial score (nSPS) is 10.5. The van der Waals surface area contributed by atoms with Gasteiger partial charge in [0.05, 0.1) is 17.8 Å². The lowest BCUT2D eigenvalue weighted by Crippen LogP contribution is -2.15. The van der Waals surface area contributed by atoms with Crippen LogP contribution >= 0.6 is 0 Å². The number of hydrogen-bond donors (Lipinski definition) is 3. The Morgan fingerprint density at radius 3 is 2.83 bits per heavy atom. The van der Waals surface area contributed by atoms with E-state index in [9.17, 15) is 9.59 Å². The molecule has 0 spiro atoms. The van der Waals surface area contributed by atoms with Gasteiger partial charge < -0.3 is 20.6 Å². The molecule has 1 aromatic carbocycles. The molecule has 0 aliphatic heterocycles. The van der Waals surface area contributed by atoms with Crippen molar-refractivity contribution in [3.63, 3.8) is 0 Å². The lowest BCUT2D eigenvalue weighted by Gasteiger charge is -2.08. The molecule has 0 unspecified atom stereocenters. The van der Waals surface area contributed by atoms with Crippen LogP contribution in [0.4, 0.5) is 5.69 Å². The highest BCUT2D eigenvalue weighted by Crippen LogP contribution is 2.25. The molecule has 0 aliphatic rings. The zero-order valence-corrected chi connectivity index (χ0v) is 9.69. The minimum atomic E-state index is -1.27. The van der Waals surface area contributed by atoms with E-state index in [0.29, 0.717) is 23.6 Å². The van der Waals surface area contributed by atoms with Gasteiger partial charge in [-0.2, -0.15) is 0 Å². The third-order valence-corrected chi connectivity index (χ3v) is 2.54. The predicted octanol–water partition coefficient (Wildman–Crippen LogP) is 1.21. The Hall–Kier alpha value is -2.50. The molecule has 4 N–H and O–H groups in total. The van der Waals surface area contributed by atoms with E-state index in [0.717, 1.165) is 0 Å². The molecule has 6 nitrogen and oxygen atoms in total. The van der Waals surface area contributed by atoms with E-state index >= 15 is 0 Å². The molecule has 6 heteroatoms. The molecule has 0 bridgehead atoms. The van der Waals surface area contributed by atoms with Crippen LogP contribution in [0.15, 0.2) is 23.1 Å². The highest BCUT2D eigenvalue weighted by molar-refractivity contribution is 5.93. The molecule has 0 saturated heterocycles. The van der Waals surface area contributed by atoms with Crippen LogP contribution in [-0.4, -0.2) is 22.7 Å². The van der Waals surface area contributed by atoms with Gasteiger partial charge in [0.2, 0.25) is 5.43 Å². The van der Waals surface area contributed by atoms with E-state index in [-0.39, 0.29) is 10.9 Å². The average Bonchev–Trinajstić information content (AvgIpc) is 2.31. The number of carboxylic acids is 1. The zero-order chi connectivity index (χ0) is 13.3. The van der Waals surface area contributed by atoms with E-state index in [1.54, 1.807) is 6.07 Å². The van der Waals surface area contributed by atoms with E-state index < -0.39 is 11.4 Å². The van der Waals surface area contributed by atoms with Gasteiger partial charge in [-0.1, -0.05) is 0 Å². The molecule has 0 saturated carbocycles. The highest BCUT2D eigenvalue weighted by Gasteiger charge is 2.13. The van der Waals surface area contributed by atoms with E-state index in [2.05, 4.69) is 4.98 Å². The summed E-state index contributed by atoms with van der Waals surface area (Å²) >= 11 is 0. The molecule has 18 heavy (non-hydrogen) atoms. The number of carbonyl (C=O) groups is 1. The van der Waals surface area contributed by atoms with Crippen LogP contribution in [0.5, 0.6) is 5.75 Å². The number of nitrogens with one attached hydrogen (secondary N) is 1. The Morgan fingerprint density at radius 2 is 2.22 bits per heavy atom. The summed E-state index contributed by atoms with van der Waals surface area (Å²) in [7, 11) is 0. The summed E-state index contributed by atoms with van der Waals surface area (Å²) in [6.45, 7) is 2.27. The van der Waals surface area contributed by atoms with Crippen molar-refractivity contribution >= 4 is 22.6 Å². The number of nitrogen functional groups attached to an aromatic ring is 1. The third kappa shape index (κ3) is 1.88. The topological polar surface area (TPSA) is 105 Å². The standard InChI is InChI=1S/C12H12N2O4/c1-2-18-10-4-9-6(3-8(10)13)11(15)7(5-14-9)12(16)17/h3-5H,2,13H2,1H3,(H,14,15)(H,16,17). The van der Waals surface area contributed by atoms with Crippen LogP contribution in [0.1, 0.15) is 17.3 Å². The first-order valence-electron chi connectivity index (χ1n) is 5.35. The maximum absolute atomic E-state index is 11.9. The minimum Gasteiger partial charge on any atom is -0.492 e. The van der Waals surface area contributed by atoms with Crippen molar-refractivity contribution in [3.05, 3.63) is 34.1 Å². The number of benzene rings is 1. The van der Waals surface area contributed by atoms with Crippen molar-refractivity contribution in [2.24, 2.45) is 0 Å². The first-order valence-corrected chi connectivity index (χ1v) is 5.35. The molecule has 1 aromatic heterocycles. The van der Waals surface area contributed by atoms with Crippen LogP contribution in [0.2, 0.25) is 0 Å². The second-order valence-electron chi connectivity index (χ2n) is 3.71. The van der Waals surface area contributed by atoms with E-state index in [1.807, 2.05) is 6.92 Å². The number of hydrogen-bond acceptors (Lipinski definition) is 4. The largest absolute Gasteiger partial charge is 0.492 e. The molecule has 0 aliphatic carbocycles.